The number of hydrogen-bond donors (Lipinski definition) is 2. The first kappa shape index (κ1) is 14.4. The van der Waals surface area contributed by atoms with Crippen LogP contribution in [0.15, 0.2) is 18.2 Å². The minimum absolute atomic E-state index is 0.0522. The summed E-state index contributed by atoms with van der Waals surface area (Å²) in [6, 6.07) is 3.97. The molecule has 98 valence electrons. The van der Waals surface area contributed by atoms with Crippen molar-refractivity contribution in [2.24, 2.45) is 5.73 Å². The van der Waals surface area contributed by atoms with Gasteiger partial charge in [0, 0.05) is 23.0 Å². The molecule has 0 bridgehead atoms. The molecular weight excluding hydrogens is 258 g/mol. The standard InChI is InChI=1S/C11H14ClN3O3/c1-11(2,13)6-10(16)14-8-5-7(12)3-4-9(8)15(17)18/h3-5H,6,13H2,1-2H3,(H,14,16). The first-order valence-corrected chi connectivity index (χ1v) is 5.59. The Balaban J connectivity index is 2.93. The lowest BCUT2D eigenvalue weighted by atomic mass is 10.0. The summed E-state index contributed by atoms with van der Waals surface area (Å²) in [6.07, 6.45) is 0.0522. The SMILES string of the molecule is CC(C)(N)CC(=O)Nc1cc(Cl)ccc1[N+](=O)[O-]. The smallest absolute Gasteiger partial charge is 0.292 e. The van der Waals surface area contributed by atoms with E-state index in [1.54, 1.807) is 13.8 Å². The number of carbonyl (C=O) groups excluding carboxylic acids is 1. The number of nitrogens with one attached hydrogen (secondary N) is 1. The molecule has 1 rings (SSSR count). The van der Waals surface area contributed by atoms with Crippen molar-refractivity contribution in [3.8, 4) is 0 Å². The van der Waals surface area contributed by atoms with E-state index in [0.29, 0.717) is 5.02 Å². The van der Waals surface area contributed by atoms with Gasteiger partial charge in [0.2, 0.25) is 5.91 Å². The lowest BCUT2D eigenvalue weighted by Gasteiger charge is -2.17. The van der Waals surface area contributed by atoms with Crippen LogP contribution in [0.25, 0.3) is 0 Å². The van der Waals surface area contributed by atoms with Crippen LogP contribution in [0.4, 0.5) is 11.4 Å². The summed E-state index contributed by atoms with van der Waals surface area (Å²) in [5.41, 5.74) is 4.88. The number of nitrogens with zero attached hydrogens (tertiary/aromatic N) is 1. The molecule has 7 heteroatoms. The third-order valence-electron chi connectivity index (χ3n) is 2.05. The van der Waals surface area contributed by atoms with E-state index in [9.17, 15) is 14.9 Å². The maximum atomic E-state index is 11.7. The van der Waals surface area contributed by atoms with Crippen molar-refractivity contribution in [2.75, 3.05) is 5.32 Å². The highest BCUT2D eigenvalue weighted by atomic mass is 35.5. The third kappa shape index (κ3) is 4.31. The van der Waals surface area contributed by atoms with Crippen LogP contribution in [0.1, 0.15) is 20.3 Å². The molecule has 0 saturated heterocycles. The molecule has 18 heavy (non-hydrogen) atoms. The van der Waals surface area contributed by atoms with Crippen LogP contribution in [0.2, 0.25) is 5.02 Å². The van der Waals surface area contributed by atoms with E-state index in [2.05, 4.69) is 5.32 Å². The van der Waals surface area contributed by atoms with Crippen LogP contribution in [0.3, 0.4) is 0 Å². The summed E-state index contributed by atoms with van der Waals surface area (Å²) in [6.45, 7) is 3.39. The average Bonchev–Trinajstić information content (AvgIpc) is 2.13. The summed E-state index contributed by atoms with van der Waals surface area (Å²) in [4.78, 5) is 21.9. The Kier molecular flexibility index (Phi) is 4.26. The fraction of sp³-hybridized carbons (Fsp3) is 0.364. The summed E-state index contributed by atoms with van der Waals surface area (Å²) in [5.74, 6) is -0.395. The maximum Gasteiger partial charge on any atom is 0.292 e. The molecule has 0 unspecified atom stereocenters. The van der Waals surface area contributed by atoms with Crippen LogP contribution in [0, 0.1) is 10.1 Å². The Labute approximate surface area is 109 Å². The van der Waals surface area contributed by atoms with E-state index in [-0.39, 0.29) is 17.8 Å². The van der Waals surface area contributed by atoms with Crippen LogP contribution in [-0.2, 0) is 4.79 Å². The molecule has 0 saturated carbocycles. The number of nitrogens with two attached hydrogens (primary N) is 1. The molecule has 0 fully saturated rings. The molecular formula is C11H14ClN3O3. The van der Waals surface area contributed by atoms with Gasteiger partial charge in [-0.3, -0.25) is 14.9 Å². The van der Waals surface area contributed by atoms with Crippen molar-refractivity contribution in [3.05, 3.63) is 33.3 Å². The van der Waals surface area contributed by atoms with Gasteiger partial charge in [0.25, 0.3) is 5.69 Å². The minimum atomic E-state index is -0.683. The van der Waals surface area contributed by atoms with Gasteiger partial charge in [0.1, 0.15) is 5.69 Å². The molecule has 0 aliphatic rings. The predicted octanol–water partition coefficient (Wildman–Crippen LogP) is 2.31. The van der Waals surface area contributed by atoms with Crippen molar-refractivity contribution >= 4 is 28.9 Å². The summed E-state index contributed by atoms with van der Waals surface area (Å²) >= 11 is 5.74. The Bertz CT molecular complexity index is 483. The van der Waals surface area contributed by atoms with Gasteiger partial charge < -0.3 is 11.1 Å². The molecule has 1 aromatic carbocycles. The van der Waals surface area contributed by atoms with E-state index in [0.717, 1.165) is 0 Å². The average molecular weight is 272 g/mol. The zero-order valence-electron chi connectivity index (χ0n) is 10.1. The molecule has 0 radical (unpaired) electrons. The van der Waals surface area contributed by atoms with Crippen molar-refractivity contribution in [1.29, 1.82) is 0 Å². The van der Waals surface area contributed by atoms with Crippen molar-refractivity contribution in [2.45, 2.75) is 25.8 Å². The van der Waals surface area contributed by atoms with Crippen molar-refractivity contribution in [3.63, 3.8) is 0 Å². The van der Waals surface area contributed by atoms with E-state index < -0.39 is 16.4 Å². The van der Waals surface area contributed by atoms with E-state index in [1.807, 2.05) is 0 Å². The normalized spacial score (nSPS) is 11.1. The maximum absolute atomic E-state index is 11.7. The van der Waals surface area contributed by atoms with E-state index in [4.69, 9.17) is 17.3 Å². The number of benzene rings is 1. The number of nitro groups is 1. The largest absolute Gasteiger partial charge is 0.325 e. The highest BCUT2D eigenvalue weighted by molar-refractivity contribution is 6.31. The molecule has 0 aliphatic heterocycles. The van der Waals surface area contributed by atoms with Crippen LogP contribution < -0.4 is 11.1 Å². The molecule has 0 spiro atoms. The second-order valence-electron chi connectivity index (χ2n) is 4.63. The summed E-state index contributed by atoms with van der Waals surface area (Å²) in [7, 11) is 0. The van der Waals surface area contributed by atoms with Crippen molar-refractivity contribution < 1.29 is 9.72 Å². The van der Waals surface area contributed by atoms with Gasteiger partial charge >= 0.3 is 0 Å². The van der Waals surface area contributed by atoms with Gasteiger partial charge in [0.15, 0.2) is 0 Å². The van der Waals surface area contributed by atoms with E-state index >= 15 is 0 Å². The number of hydrogen-bond acceptors (Lipinski definition) is 4. The quantitative estimate of drug-likeness (QED) is 0.648. The number of halogens is 1. The Morgan fingerprint density at radius 3 is 2.67 bits per heavy atom. The van der Waals surface area contributed by atoms with Crippen LogP contribution in [0.5, 0.6) is 0 Å². The van der Waals surface area contributed by atoms with Crippen LogP contribution in [-0.4, -0.2) is 16.4 Å². The highest BCUT2D eigenvalue weighted by Gasteiger charge is 2.20. The second kappa shape index (κ2) is 5.32. The number of nitro benzene ring substituents is 1. The number of amides is 1. The lowest BCUT2D eigenvalue weighted by Crippen LogP contribution is -2.36. The highest BCUT2D eigenvalue weighted by Crippen LogP contribution is 2.27. The summed E-state index contributed by atoms with van der Waals surface area (Å²) < 4.78 is 0. The van der Waals surface area contributed by atoms with Gasteiger partial charge in [-0.2, -0.15) is 0 Å². The molecule has 6 nitrogen and oxygen atoms in total. The number of anilines is 1. The molecule has 3 N–H and O–H groups in total. The molecule has 0 aliphatic carbocycles. The van der Waals surface area contributed by atoms with Gasteiger partial charge in [-0.1, -0.05) is 11.6 Å². The number of carbonyl (C=O) groups is 1. The zero-order chi connectivity index (χ0) is 13.9. The van der Waals surface area contributed by atoms with Gasteiger partial charge in [-0.25, -0.2) is 0 Å². The predicted molar refractivity (Wildman–Crippen MR) is 69.6 cm³/mol. The zero-order valence-corrected chi connectivity index (χ0v) is 10.8. The Morgan fingerprint density at radius 2 is 2.17 bits per heavy atom. The van der Waals surface area contributed by atoms with Crippen LogP contribution >= 0.6 is 11.6 Å². The van der Waals surface area contributed by atoms with Gasteiger partial charge in [-0.05, 0) is 26.0 Å². The molecule has 1 aromatic rings. The Hall–Kier alpha value is -1.66. The second-order valence-corrected chi connectivity index (χ2v) is 5.07. The molecule has 0 atom stereocenters. The topological polar surface area (TPSA) is 98.3 Å². The van der Waals surface area contributed by atoms with Gasteiger partial charge in [0.05, 0.1) is 4.92 Å². The molecule has 1 amide bonds. The lowest BCUT2D eigenvalue weighted by molar-refractivity contribution is -0.383. The third-order valence-corrected chi connectivity index (χ3v) is 2.28. The Morgan fingerprint density at radius 1 is 1.56 bits per heavy atom. The number of rotatable bonds is 4. The monoisotopic (exact) mass is 271 g/mol. The fourth-order valence-corrected chi connectivity index (χ4v) is 1.55. The summed E-state index contributed by atoms with van der Waals surface area (Å²) in [5, 5.41) is 13.5. The molecule has 0 aromatic heterocycles. The fourth-order valence-electron chi connectivity index (χ4n) is 1.38. The first-order chi connectivity index (χ1) is 8.19. The van der Waals surface area contributed by atoms with E-state index in [1.165, 1.54) is 18.2 Å². The first-order valence-electron chi connectivity index (χ1n) is 5.22. The van der Waals surface area contributed by atoms with Crippen molar-refractivity contribution in [1.82, 2.24) is 0 Å². The minimum Gasteiger partial charge on any atom is -0.325 e. The van der Waals surface area contributed by atoms with Gasteiger partial charge in [-0.15, -0.1) is 0 Å². The molecule has 0 heterocycles.